The third-order valence-electron chi connectivity index (χ3n) is 3.03. The van der Waals surface area contributed by atoms with Crippen LogP contribution < -0.4 is 5.73 Å². The Morgan fingerprint density at radius 3 is 2.44 bits per heavy atom. The molecule has 0 heterocycles. The van der Waals surface area contributed by atoms with Crippen LogP contribution in [0.2, 0.25) is 5.02 Å². The van der Waals surface area contributed by atoms with E-state index in [1.807, 2.05) is 32.0 Å². The summed E-state index contributed by atoms with van der Waals surface area (Å²) in [5, 5.41) is 0.511. The van der Waals surface area contributed by atoms with Crippen molar-refractivity contribution in [2.45, 2.75) is 13.8 Å². The zero-order valence-corrected chi connectivity index (χ0v) is 11.1. The second-order valence-electron chi connectivity index (χ2n) is 4.36. The Morgan fingerprint density at radius 2 is 1.78 bits per heavy atom. The highest BCUT2D eigenvalue weighted by Crippen LogP contribution is 2.22. The lowest BCUT2D eigenvalue weighted by Crippen LogP contribution is -2.05. The first-order valence-corrected chi connectivity index (χ1v) is 6.04. The number of aryl methyl sites for hydroxylation is 2. The molecule has 0 saturated heterocycles. The summed E-state index contributed by atoms with van der Waals surface area (Å²) >= 11 is 5.90. The monoisotopic (exact) mass is 259 g/mol. The van der Waals surface area contributed by atoms with Crippen LogP contribution in [0, 0.1) is 13.8 Å². The van der Waals surface area contributed by atoms with Gasteiger partial charge in [-0.15, -0.1) is 0 Å². The van der Waals surface area contributed by atoms with Gasteiger partial charge in [0, 0.05) is 21.8 Å². The topological polar surface area (TPSA) is 43.1 Å². The number of anilines is 1. The zero-order valence-electron chi connectivity index (χ0n) is 10.3. The lowest BCUT2D eigenvalue weighted by atomic mass is 9.98. The fourth-order valence-electron chi connectivity index (χ4n) is 1.76. The number of carbonyl (C=O) groups excluding carboxylic acids is 1. The summed E-state index contributed by atoms with van der Waals surface area (Å²) in [4.78, 5) is 12.3. The zero-order chi connectivity index (χ0) is 13.3. The molecule has 2 N–H and O–H groups in total. The van der Waals surface area contributed by atoms with Crippen LogP contribution in [0.3, 0.4) is 0 Å². The van der Waals surface area contributed by atoms with Crippen molar-refractivity contribution in [1.29, 1.82) is 0 Å². The molecule has 0 amide bonds. The highest BCUT2D eigenvalue weighted by molar-refractivity contribution is 6.31. The Hall–Kier alpha value is -1.80. The van der Waals surface area contributed by atoms with E-state index in [-0.39, 0.29) is 5.78 Å². The Balaban J connectivity index is 2.47. The normalized spacial score (nSPS) is 10.4. The summed E-state index contributed by atoms with van der Waals surface area (Å²) in [6, 6.07) is 10.5. The van der Waals surface area contributed by atoms with Crippen LogP contribution in [0.25, 0.3) is 0 Å². The van der Waals surface area contributed by atoms with Gasteiger partial charge in [0.1, 0.15) is 0 Å². The highest BCUT2D eigenvalue weighted by Gasteiger charge is 2.13. The van der Waals surface area contributed by atoms with E-state index in [1.165, 1.54) is 0 Å². The lowest BCUT2D eigenvalue weighted by molar-refractivity contribution is 0.103. The molecule has 2 rings (SSSR count). The minimum absolute atomic E-state index is 0.0990. The number of carbonyl (C=O) groups is 1. The molecule has 0 spiro atoms. The molecule has 0 radical (unpaired) electrons. The van der Waals surface area contributed by atoms with Crippen molar-refractivity contribution in [1.82, 2.24) is 0 Å². The second-order valence-corrected chi connectivity index (χ2v) is 4.80. The van der Waals surface area contributed by atoms with E-state index < -0.39 is 0 Å². The fourth-order valence-corrected chi connectivity index (χ4v) is 1.94. The summed E-state index contributed by atoms with van der Waals surface area (Å²) in [6.07, 6.45) is 0. The Morgan fingerprint density at radius 1 is 1.06 bits per heavy atom. The Labute approximate surface area is 111 Å². The van der Waals surface area contributed by atoms with Gasteiger partial charge in [-0.1, -0.05) is 23.7 Å². The average Bonchev–Trinajstić information content (AvgIpc) is 2.35. The van der Waals surface area contributed by atoms with E-state index in [0.29, 0.717) is 21.8 Å². The molecule has 0 aliphatic heterocycles. The number of hydrogen-bond acceptors (Lipinski definition) is 2. The molecule has 0 atom stereocenters. The summed E-state index contributed by atoms with van der Waals surface area (Å²) < 4.78 is 0. The molecule has 0 unspecified atom stereocenters. The summed E-state index contributed by atoms with van der Waals surface area (Å²) in [6.45, 7) is 3.99. The minimum atomic E-state index is -0.0990. The third kappa shape index (κ3) is 2.39. The Kier molecular flexibility index (Phi) is 3.39. The van der Waals surface area contributed by atoms with Gasteiger partial charge >= 0.3 is 0 Å². The van der Waals surface area contributed by atoms with E-state index >= 15 is 0 Å². The molecule has 2 aromatic carbocycles. The molecule has 0 aliphatic rings. The van der Waals surface area contributed by atoms with Crippen LogP contribution in [0.5, 0.6) is 0 Å². The largest absolute Gasteiger partial charge is 0.398 e. The molecule has 0 fully saturated rings. The van der Waals surface area contributed by atoms with Crippen molar-refractivity contribution in [3.05, 3.63) is 63.7 Å². The van der Waals surface area contributed by atoms with Gasteiger partial charge < -0.3 is 5.73 Å². The number of nitrogen functional groups attached to an aromatic ring is 1. The predicted molar refractivity (Wildman–Crippen MR) is 75.2 cm³/mol. The van der Waals surface area contributed by atoms with Crippen LogP contribution in [0.15, 0.2) is 36.4 Å². The van der Waals surface area contributed by atoms with Crippen molar-refractivity contribution in [3.63, 3.8) is 0 Å². The van der Waals surface area contributed by atoms with Gasteiger partial charge in [-0.2, -0.15) is 0 Å². The van der Waals surface area contributed by atoms with Gasteiger partial charge in [0.15, 0.2) is 5.78 Å². The first-order chi connectivity index (χ1) is 8.49. The molecule has 0 saturated carbocycles. The van der Waals surface area contributed by atoms with E-state index in [9.17, 15) is 4.79 Å². The number of hydrogen-bond donors (Lipinski definition) is 1. The maximum Gasteiger partial charge on any atom is 0.195 e. The van der Waals surface area contributed by atoms with Gasteiger partial charge in [-0.3, -0.25) is 4.79 Å². The number of ketones is 1. The van der Waals surface area contributed by atoms with E-state index in [1.54, 1.807) is 18.2 Å². The first kappa shape index (κ1) is 12.7. The van der Waals surface area contributed by atoms with Gasteiger partial charge in [0.05, 0.1) is 0 Å². The average molecular weight is 260 g/mol. The SMILES string of the molecule is Cc1ccc(C(=O)c2cc(Cl)ccc2N)cc1C. The second kappa shape index (κ2) is 4.83. The minimum Gasteiger partial charge on any atom is -0.398 e. The number of benzene rings is 2. The van der Waals surface area contributed by atoms with Crippen LogP contribution in [0.4, 0.5) is 5.69 Å². The predicted octanol–water partition coefficient (Wildman–Crippen LogP) is 3.77. The van der Waals surface area contributed by atoms with Crippen LogP contribution in [-0.4, -0.2) is 5.78 Å². The van der Waals surface area contributed by atoms with Crippen molar-refractivity contribution >= 4 is 23.1 Å². The smallest absolute Gasteiger partial charge is 0.195 e. The maximum absolute atomic E-state index is 12.3. The van der Waals surface area contributed by atoms with Crippen molar-refractivity contribution < 1.29 is 4.79 Å². The van der Waals surface area contributed by atoms with E-state index in [0.717, 1.165) is 11.1 Å². The highest BCUT2D eigenvalue weighted by atomic mass is 35.5. The molecule has 0 bridgehead atoms. The van der Waals surface area contributed by atoms with Crippen LogP contribution >= 0.6 is 11.6 Å². The molecule has 0 aliphatic carbocycles. The molecule has 2 aromatic rings. The molecule has 0 aromatic heterocycles. The fraction of sp³-hybridized carbons (Fsp3) is 0.133. The van der Waals surface area contributed by atoms with Crippen LogP contribution in [-0.2, 0) is 0 Å². The molecular weight excluding hydrogens is 246 g/mol. The summed E-state index contributed by atoms with van der Waals surface area (Å²) in [5.41, 5.74) is 9.59. The first-order valence-electron chi connectivity index (χ1n) is 5.66. The summed E-state index contributed by atoms with van der Waals surface area (Å²) in [7, 11) is 0. The standard InChI is InChI=1S/C15H14ClNO/c1-9-3-4-11(7-10(9)2)15(18)13-8-12(16)5-6-14(13)17/h3-8H,17H2,1-2H3. The van der Waals surface area contributed by atoms with Gasteiger partial charge in [0.25, 0.3) is 0 Å². The van der Waals surface area contributed by atoms with E-state index in [4.69, 9.17) is 17.3 Å². The number of halogens is 1. The maximum atomic E-state index is 12.3. The van der Waals surface area contributed by atoms with Gasteiger partial charge in [0.2, 0.25) is 0 Å². The molecular formula is C15H14ClNO. The van der Waals surface area contributed by atoms with Crippen molar-refractivity contribution in [2.75, 3.05) is 5.73 Å². The van der Waals surface area contributed by atoms with Crippen molar-refractivity contribution in [3.8, 4) is 0 Å². The molecule has 2 nitrogen and oxygen atoms in total. The molecule has 18 heavy (non-hydrogen) atoms. The quantitative estimate of drug-likeness (QED) is 0.659. The number of nitrogens with two attached hydrogens (primary N) is 1. The summed E-state index contributed by atoms with van der Waals surface area (Å²) in [5.74, 6) is -0.0990. The van der Waals surface area contributed by atoms with Crippen molar-refractivity contribution in [2.24, 2.45) is 0 Å². The molecule has 92 valence electrons. The number of rotatable bonds is 2. The third-order valence-corrected chi connectivity index (χ3v) is 3.26. The lowest BCUT2D eigenvalue weighted by Gasteiger charge is -2.07. The van der Waals surface area contributed by atoms with Crippen LogP contribution in [0.1, 0.15) is 27.0 Å². The van der Waals surface area contributed by atoms with E-state index in [2.05, 4.69) is 0 Å². The van der Waals surface area contributed by atoms with Gasteiger partial charge in [-0.05, 0) is 49.2 Å². The Bertz CT molecular complexity index is 620. The van der Waals surface area contributed by atoms with Gasteiger partial charge in [-0.25, -0.2) is 0 Å². The molecule has 3 heteroatoms.